The van der Waals surface area contributed by atoms with Crippen LogP contribution in [0.25, 0.3) is 0 Å². The lowest BCUT2D eigenvalue weighted by molar-refractivity contribution is -0.121. The van der Waals surface area contributed by atoms with Crippen molar-refractivity contribution in [1.82, 2.24) is 0 Å². The maximum atomic E-state index is 12.5. The molecule has 24 heavy (non-hydrogen) atoms. The molecular weight excluding hydrogens is 376 g/mol. The molecule has 1 aliphatic heterocycles. The molecule has 2 amide bonds. The van der Waals surface area contributed by atoms with Crippen LogP contribution in [0.2, 0.25) is 0 Å². The standard InChI is InChI=1S/C17H13BrN2O4/c18-11-2-1-3-12(8-11)19-14-9-15(21)20(16(14)22)13-6-4-10(5-7-13)17(23)24/h1-8,14,19H,9H2,(H,23,24). The molecule has 1 heterocycles. The first-order valence-electron chi connectivity index (χ1n) is 7.18. The maximum Gasteiger partial charge on any atom is 0.335 e. The van der Waals surface area contributed by atoms with Crippen LogP contribution in [0.15, 0.2) is 53.0 Å². The fourth-order valence-corrected chi connectivity index (χ4v) is 2.95. The van der Waals surface area contributed by atoms with Gasteiger partial charge < -0.3 is 10.4 Å². The first kappa shape index (κ1) is 16.2. The van der Waals surface area contributed by atoms with Crippen LogP contribution in [0, 0.1) is 0 Å². The Morgan fingerprint density at radius 1 is 1.17 bits per heavy atom. The zero-order valence-corrected chi connectivity index (χ0v) is 14.0. The van der Waals surface area contributed by atoms with E-state index < -0.39 is 12.0 Å². The predicted octanol–water partition coefficient (Wildman–Crippen LogP) is 2.89. The van der Waals surface area contributed by atoms with E-state index in [0.717, 1.165) is 15.1 Å². The number of aromatic carboxylic acids is 1. The number of nitrogens with one attached hydrogen (secondary N) is 1. The molecule has 0 bridgehead atoms. The van der Waals surface area contributed by atoms with Crippen LogP contribution in [0.4, 0.5) is 11.4 Å². The van der Waals surface area contributed by atoms with Crippen LogP contribution in [-0.2, 0) is 9.59 Å². The normalized spacial score (nSPS) is 17.2. The molecule has 2 aromatic rings. The van der Waals surface area contributed by atoms with E-state index in [9.17, 15) is 14.4 Å². The Hall–Kier alpha value is -2.67. The minimum Gasteiger partial charge on any atom is -0.478 e. The minimum atomic E-state index is -1.06. The van der Waals surface area contributed by atoms with Gasteiger partial charge in [0.1, 0.15) is 6.04 Å². The van der Waals surface area contributed by atoms with Gasteiger partial charge in [0.15, 0.2) is 0 Å². The van der Waals surface area contributed by atoms with E-state index in [1.54, 1.807) is 0 Å². The number of halogens is 1. The van der Waals surface area contributed by atoms with Crippen molar-refractivity contribution in [3.8, 4) is 0 Å². The van der Waals surface area contributed by atoms with E-state index >= 15 is 0 Å². The fourth-order valence-electron chi connectivity index (χ4n) is 2.55. The molecule has 1 aliphatic rings. The quantitative estimate of drug-likeness (QED) is 0.786. The molecule has 0 radical (unpaired) electrons. The largest absolute Gasteiger partial charge is 0.478 e. The van der Waals surface area contributed by atoms with Crippen LogP contribution in [-0.4, -0.2) is 28.9 Å². The Bertz CT molecular complexity index is 820. The molecule has 0 aromatic heterocycles. The highest BCUT2D eigenvalue weighted by Gasteiger charge is 2.39. The van der Waals surface area contributed by atoms with Crippen molar-refractivity contribution in [2.24, 2.45) is 0 Å². The summed E-state index contributed by atoms with van der Waals surface area (Å²) >= 11 is 3.36. The zero-order chi connectivity index (χ0) is 17.3. The Labute approximate surface area is 146 Å². The van der Waals surface area contributed by atoms with Crippen LogP contribution in [0.5, 0.6) is 0 Å². The van der Waals surface area contributed by atoms with E-state index in [-0.39, 0.29) is 23.8 Å². The second-order valence-corrected chi connectivity index (χ2v) is 6.25. The van der Waals surface area contributed by atoms with Crippen molar-refractivity contribution >= 4 is 45.1 Å². The highest BCUT2D eigenvalue weighted by Crippen LogP contribution is 2.26. The third kappa shape index (κ3) is 3.16. The van der Waals surface area contributed by atoms with Gasteiger partial charge in [0.25, 0.3) is 5.91 Å². The molecule has 0 saturated carbocycles. The van der Waals surface area contributed by atoms with Gasteiger partial charge in [-0.1, -0.05) is 22.0 Å². The van der Waals surface area contributed by atoms with Gasteiger partial charge in [-0.2, -0.15) is 0 Å². The van der Waals surface area contributed by atoms with E-state index in [0.29, 0.717) is 5.69 Å². The van der Waals surface area contributed by atoms with Crippen LogP contribution < -0.4 is 10.2 Å². The molecule has 1 saturated heterocycles. The summed E-state index contributed by atoms with van der Waals surface area (Å²) in [7, 11) is 0. The summed E-state index contributed by atoms with van der Waals surface area (Å²) in [6, 6.07) is 12.3. The molecule has 2 aromatic carbocycles. The molecule has 7 heteroatoms. The molecule has 2 N–H and O–H groups in total. The van der Waals surface area contributed by atoms with Crippen molar-refractivity contribution in [2.45, 2.75) is 12.5 Å². The Kier molecular flexibility index (Phi) is 4.35. The van der Waals surface area contributed by atoms with Crippen molar-refractivity contribution < 1.29 is 19.5 Å². The van der Waals surface area contributed by atoms with Crippen molar-refractivity contribution in [3.63, 3.8) is 0 Å². The lowest BCUT2D eigenvalue weighted by Crippen LogP contribution is -2.34. The molecule has 1 atom stereocenters. The van der Waals surface area contributed by atoms with Gasteiger partial charge in [0.05, 0.1) is 17.7 Å². The highest BCUT2D eigenvalue weighted by molar-refractivity contribution is 9.10. The third-order valence-corrected chi connectivity index (χ3v) is 4.18. The summed E-state index contributed by atoms with van der Waals surface area (Å²) < 4.78 is 0.866. The zero-order valence-electron chi connectivity index (χ0n) is 12.4. The number of carboxylic acid groups (broad SMARTS) is 1. The molecule has 122 valence electrons. The second kappa shape index (κ2) is 6.45. The Morgan fingerprint density at radius 2 is 1.88 bits per heavy atom. The second-order valence-electron chi connectivity index (χ2n) is 5.33. The van der Waals surface area contributed by atoms with Gasteiger partial charge in [0.2, 0.25) is 5.91 Å². The summed E-state index contributed by atoms with van der Waals surface area (Å²) in [4.78, 5) is 36.7. The van der Waals surface area contributed by atoms with Crippen molar-refractivity contribution in [1.29, 1.82) is 0 Å². The number of imide groups is 1. The number of carbonyl (C=O) groups is 3. The number of amides is 2. The summed E-state index contributed by atoms with van der Waals surface area (Å²) in [6.45, 7) is 0. The number of carbonyl (C=O) groups excluding carboxylic acids is 2. The summed E-state index contributed by atoms with van der Waals surface area (Å²) in [5.41, 5.74) is 1.20. The molecule has 3 rings (SSSR count). The number of hydrogen-bond acceptors (Lipinski definition) is 4. The number of anilines is 2. The first-order valence-corrected chi connectivity index (χ1v) is 7.97. The predicted molar refractivity (Wildman–Crippen MR) is 92.1 cm³/mol. The number of benzene rings is 2. The van der Waals surface area contributed by atoms with Crippen LogP contribution >= 0.6 is 15.9 Å². The van der Waals surface area contributed by atoms with Crippen LogP contribution in [0.1, 0.15) is 16.8 Å². The maximum absolute atomic E-state index is 12.5. The lowest BCUT2D eigenvalue weighted by Gasteiger charge is -2.16. The van der Waals surface area contributed by atoms with Crippen molar-refractivity contribution in [2.75, 3.05) is 10.2 Å². The number of rotatable bonds is 4. The highest BCUT2D eigenvalue weighted by atomic mass is 79.9. The van der Waals surface area contributed by atoms with Gasteiger partial charge in [-0.15, -0.1) is 0 Å². The van der Waals surface area contributed by atoms with E-state index in [1.807, 2.05) is 24.3 Å². The number of carboxylic acids is 1. The molecule has 1 unspecified atom stereocenters. The van der Waals surface area contributed by atoms with Crippen LogP contribution in [0.3, 0.4) is 0 Å². The van der Waals surface area contributed by atoms with Gasteiger partial charge in [-0.3, -0.25) is 9.59 Å². The lowest BCUT2D eigenvalue weighted by atomic mass is 10.2. The van der Waals surface area contributed by atoms with Gasteiger partial charge in [-0.25, -0.2) is 9.69 Å². The smallest absolute Gasteiger partial charge is 0.335 e. The fraction of sp³-hybridized carbons (Fsp3) is 0.118. The summed E-state index contributed by atoms with van der Waals surface area (Å²) in [5.74, 6) is -1.74. The molecule has 0 spiro atoms. The van der Waals surface area contributed by atoms with Gasteiger partial charge in [0, 0.05) is 10.2 Å². The Balaban J connectivity index is 1.80. The summed E-state index contributed by atoms with van der Waals surface area (Å²) in [6.07, 6.45) is 0.0476. The SMILES string of the molecule is O=C(O)c1ccc(N2C(=O)CC(Nc3cccc(Br)c3)C2=O)cc1. The molecule has 6 nitrogen and oxygen atoms in total. The van der Waals surface area contributed by atoms with E-state index in [2.05, 4.69) is 21.2 Å². The summed E-state index contributed by atoms with van der Waals surface area (Å²) in [5, 5.41) is 12.0. The molecule has 1 fully saturated rings. The first-order chi connectivity index (χ1) is 11.5. The van der Waals surface area contributed by atoms with E-state index in [1.165, 1.54) is 24.3 Å². The average molecular weight is 389 g/mol. The topological polar surface area (TPSA) is 86.7 Å². The minimum absolute atomic E-state index is 0.0476. The molecular formula is C17H13BrN2O4. The van der Waals surface area contributed by atoms with Gasteiger partial charge >= 0.3 is 5.97 Å². The van der Waals surface area contributed by atoms with Gasteiger partial charge in [-0.05, 0) is 42.5 Å². The number of nitrogens with zero attached hydrogens (tertiary/aromatic N) is 1. The third-order valence-electron chi connectivity index (χ3n) is 3.68. The monoisotopic (exact) mass is 388 g/mol. The Morgan fingerprint density at radius 3 is 2.50 bits per heavy atom. The number of hydrogen-bond donors (Lipinski definition) is 2. The molecule has 0 aliphatic carbocycles. The average Bonchev–Trinajstić information content (AvgIpc) is 2.81. The van der Waals surface area contributed by atoms with E-state index in [4.69, 9.17) is 5.11 Å². The van der Waals surface area contributed by atoms with Crippen molar-refractivity contribution in [3.05, 3.63) is 58.6 Å².